The Morgan fingerprint density at radius 2 is 1.86 bits per heavy atom. The third kappa shape index (κ3) is 1.99. The number of rotatable bonds is 1. The highest BCUT2D eigenvalue weighted by Gasteiger charge is 2.29. The molecule has 4 rings (SSSR count). The van der Waals surface area contributed by atoms with Crippen LogP contribution in [0, 0.1) is 6.92 Å². The first-order chi connectivity index (χ1) is 10.2. The Morgan fingerprint density at radius 3 is 2.67 bits per heavy atom. The van der Waals surface area contributed by atoms with E-state index in [4.69, 9.17) is 0 Å². The molecule has 21 heavy (non-hydrogen) atoms. The monoisotopic (exact) mass is 275 g/mol. The molecule has 1 heterocycles. The number of fused-ring (bicyclic) bond motifs is 3. The minimum Gasteiger partial charge on any atom is -0.358 e. The van der Waals surface area contributed by atoms with E-state index in [1.807, 2.05) is 18.2 Å². The largest absolute Gasteiger partial charge is 0.358 e. The zero-order chi connectivity index (χ0) is 14.4. The zero-order valence-electron chi connectivity index (χ0n) is 12.0. The van der Waals surface area contributed by atoms with Crippen molar-refractivity contribution in [3.63, 3.8) is 0 Å². The minimum atomic E-state index is 0.266. The Balaban J connectivity index is 1.82. The van der Waals surface area contributed by atoms with Crippen LogP contribution in [0.5, 0.6) is 0 Å². The number of H-pyrrole nitrogens is 1. The standard InChI is InChI=1S/C19H17NO/c1-12-7-8-16-15(9-12)19-17(20-16)10-14(11-18(19)21)13-5-3-2-4-6-13/h2-9,14,20H,10-11H2,1H3. The van der Waals surface area contributed by atoms with E-state index in [-0.39, 0.29) is 5.78 Å². The highest BCUT2D eigenvalue weighted by molar-refractivity contribution is 6.10. The van der Waals surface area contributed by atoms with Crippen LogP contribution in [0.25, 0.3) is 10.9 Å². The van der Waals surface area contributed by atoms with E-state index in [0.717, 1.165) is 28.6 Å². The Labute approximate surface area is 123 Å². The number of hydrogen-bond acceptors (Lipinski definition) is 1. The van der Waals surface area contributed by atoms with Crippen molar-refractivity contribution in [3.8, 4) is 0 Å². The quantitative estimate of drug-likeness (QED) is 0.702. The average Bonchev–Trinajstić information content (AvgIpc) is 2.86. The third-order valence-electron chi connectivity index (χ3n) is 4.46. The number of ketones is 1. The summed E-state index contributed by atoms with van der Waals surface area (Å²) in [6.45, 7) is 2.07. The maximum Gasteiger partial charge on any atom is 0.165 e. The molecule has 1 aromatic heterocycles. The summed E-state index contributed by atoms with van der Waals surface area (Å²) in [5.41, 5.74) is 5.54. The third-order valence-corrected chi connectivity index (χ3v) is 4.46. The fourth-order valence-corrected chi connectivity index (χ4v) is 3.44. The van der Waals surface area contributed by atoms with Crippen LogP contribution in [0.3, 0.4) is 0 Å². The van der Waals surface area contributed by atoms with Crippen molar-refractivity contribution in [2.45, 2.75) is 25.7 Å². The zero-order valence-corrected chi connectivity index (χ0v) is 12.0. The summed E-state index contributed by atoms with van der Waals surface area (Å²) in [5.74, 6) is 0.558. The smallest absolute Gasteiger partial charge is 0.165 e. The number of benzene rings is 2. The summed E-state index contributed by atoms with van der Waals surface area (Å²) in [5, 5.41) is 1.08. The molecule has 0 bridgehead atoms. The van der Waals surface area contributed by atoms with Crippen LogP contribution in [-0.4, -0.2) is 10.8 Å². The maximum absolute atomic E-state index is 12.6. The second-order valence-electron chi connectivity index (χ2n) is 5.97. The molecular weight excluding hydrogens is 258 g/mol. The van der Waals surface area contributed by atoms with E-state index < -0.39 is 0 Å². The molecule has 1 unspecified atom stereocenters. The Hall–Kier alpha value is -2.35. The molecule has 1 atom stereocenters. The summed E-state index contributed by atoms with van der Waals surface area (Å²) in [4.78, 5) is 16.1. The van der Waals surface area contributed by atoms with Gasteiger partial charge in [-0.1, -0.05) is 42.0 Å². The van der Waals surface area contributed by atoms with E-state index >= 15 is 0 Å². The second kappa shape index (κ2) is 4.59. The highest BCUT2D eigenvalue weighted by Crippen LogP contribution is 2.36. The maximum atomic E-state index is 12.6. The molecule has 1 N–H and O–H groups in total. The minimum absolute atomic E-state index is 0.266. The first kappa shape index (κ1) is 12.4. The van der Waals surface area contributed by atoms with Crippen LogP contribution < -0.4 is 0 Å². The summed E-state index contributed by atoms with van der Waals surface area (Å²) >= 11 is 0. The van der Waals surface area contributed by atoms with Crippen LogP contribution in [0.15, 0.2) is 48.5 Å². The lowest BCUT2D eigenvalue weighted by atomic mass is 9.82. The predicted molar refractivity (Wildman–Crippen MR) is 84.9 cm³/mol. The second-order valence-corrected chi connectivity index (χ2v) is 5.97. The van der Waals surface area contributed by atoms with Gasteiger partial charge in [0.25, 0.3) is 0 Å². The number of hydrogen-bond donors (Lipinski definition) is 1. The number of carbonyl (C=O) groups is 1. The lowest BCUT2D eigenvalue weighted by Gasteiger charge is -2.21. The fourth-order valence-electron chi connectivity index (χ4n) is 3.44. The molecule has 2 heteroatoms. The van der Waals surface area contributed by atoms with Crippen LogP contribution in [0.4, 0.5) is 0 Å². The van der Waals surface area contributed by atoms with Crippen LogP contribution in [-0.2, 0) is 6.42 Å². The molecule has 1 aliphatic rings. The van der Waals surface area contributed by atoms with Crippen molar-refractivity contribution >= 4 is 16.7 Å². The first-order valence-corrected chi connectivity index (χ1v) is 7.42. The molecule has 0 saturated heterocycles. The van der Waals surface area contributed by atoms with Gasteiger partial charge in [-0.05, 0) is 37.0 Å². The molecule has 2 nitrogen and oxygen atoms in total. The number of aromatic nitrogens is 1. The van der Waals surface area contributed by atoms with Gasteiger partial charge in [-0.2, -0.15) is 0 Å². The summed E-state index contributed by atoms with van der Waals surface area (Å²) in [6.07, 6.45) is 1.52. The topological polar surface area (TPSA) is 32.9 Å². The van der Waals surface area contributed by atoms with Gasteiger partial charge >= 0.3 is 0 Å². The van der Waals surface area contributed by atoms with Crippen molar-refractivity contribution < 1.29 is 4.79 Å². The first-order valence-electron chi connectivity index (χ1n) is 7.42. The molecule has 1 aliphatic carbocycles. The number of nitrogens with one attached hydrogen (secondary N) is 1. The molecular formula is C19H17NO. The van der Waals surface area contributed by atoms with Crippen LogP contribution >= 0.6 is 0 Å². The van der Waals surface area contributed by atoms with Crippen LogP contribution in [0.2, 0.25) is 0 Å². The number of aryl methyl sites for hydroxylation is 1. The van der Waals surface area contributed by atoms with Gasteiger partial charge in [0, 0.05) is 28.6 Å². The van der Waals surface area contributed by atoms with E-state index in [1.165, 1.54) is 11.1 Å². The van der Waals surface area contributed by atoms with E-state index in [0.29, 0.717) is 12.3 Å². The predicted octanol–water partition coefficient (Wildman–Crippen LogP) is 4.39. The van der Waals surface area contributed by atoms with E-state index in [9.17, 15) is 4.79 Å². The molecule has 0 saturated carbocycles. The average molecular weight is 275 g/mol. The molecule has 0 radical (unpaired) electrons. The normalized spacial score (nSPS) is 18.0. The number of carbonyl (C=O) groups excluding carboxylic acids is 1. The molecule has 3 aromatic rings. The molecule has 0 aliphatic heterocycles. The molecule has 104 valence electrons. The lowest BCUT2D eigenvalue weighted by Crippen LogP contribution is -2.18. The van der Waals surface area contributed by atoms with E-state index in [2.05, 4.69) is 42.2 Å². The highest BCUT2D eigenvalue weighted by atomic mass is 16.1. The summed E-state index contributed by atoms with van der Waals surface area (Å²) < 4.78 is 0. The Bertz CT molecular complexity index is 829. The van der Waals surface area contributed by atoms with Crippen LogP contribution in [0.1, 0.15) is 39.5 Å². The van der Waals surface area contributed by atoms with Gasteiger partial charge in [0.2, 0.25) is 0 Å². The lowest BCUT2D eigenvalue weighted by molar-refractivity contribution is 0.0965. The van der Waals surface area contributed by atoms with Crippen molar-refractivity contribution in [1.82, 2.24) is 4.98 Å². The molecule has 0 fully saturated rings. The van der Waals surface area contributed by atoms with Gasteiger partial charge < -0.3 is 4.98 Å². The van der Waals surface area contributed by atoms with Gasteiger partial charge in [-0.25, -0.2) is 0 Å². The van der Waals surface area contributed by atoms with E-state index in [1.54, 1.807) is 0 Å². The van der Waals surface area contributed by atoms with Gasteiger partial charge in [0.15, 0.2) is 5.78 Å². The number of aromatic amines is 1. The SMILES string of the molecule is Cc1ccc2[nH]c3c(c2c1)C(=O)CC(c1ccccc1)C3. The van der Waals surface area contributed by atoms with Crippen molar-refractivity contribution in [2.24, 2.45) is 0 Å². The van der Waals surface area contributed by atoms with Gasteiger partial charge in [-0.15, -0.1) is 0 Å². The van der Waals surface area contributed by atoms with Crippen molar-refractivity contribution in [1.29, 1.82) is 0 Å². The molecule has 2 aromatic carbocycles. The van der Waals surface area contributed by atoms with Crippen molar-refractivity contribution in [3.05, 3.63) is 70.9 Å². The van der Waals surface area contributed by atoms with Gasteiger partial charge in [-0.3, -0.25) is 4.79 Å². The Kier molecular flexibility index (Phi) is 2.71. The Morgan fingerprint density at radius 1 is 1.05 bits per heavy atom. The van der Waals surface area contributed by atoms with Crippen molar-refractivity contribution in [2.75, 3.05) is 0 Å². The molecule has 0 amide bonds. The molecule has 0 spiro atoms. The van der Waals surface area contributed by atoms with Gasteiger partial charge in [0.05, 0.1) is 0 Å². The fraction of sp³-hybridized carbons (Fsp3) is 0.211. The van der Waals surface area contributed by atoms with Gasteiger partial charge in [0.1, 0.15) is 0 Å². The number of Topliss-reactive ketones (excluding diaryl/α,β-unsaturated/α-hetero) is 1. The summed E-state index contributed by atoms with van der Waals surface area (Å²) in [7, 11) is 0. The summed E-state index contributed by atoms with van der Waals surface area (Å²) in [6, 6.07) is 16.6.